The first-order valence-electron chi connectivity index (χ1n) is 9.94. The molecule has 4 rings (SSSR count). The maximum atomic E-state index is 13.1. The van der Waals surface area contributed by atoms with Gasteiger partial charge in [0.25, 0.3) is 0 Å². The Balaban J connectivity index is 1.43. The zero-order valence-corrected chi connectivity index (χ0v) is 17.6. The van der Waals surface area contributed by atoms with Crippen molar-refractivity contribution >= 4 is 26.8 Å². The minimum absolute atomic E-state index is 0.300. The van der Waals surface area contributed by atoms with Crippen LogP contribution in [-0.2, 0) is 21.3 Å². The lowest BCUT2D eigenvalue weighted by atomic mass is 10.1. The van der Waals surface area contributed by atoms with Crippen molar-refractivity contribution < 1.29 is 22.4 Å². The first-order chi connectivity index (χ1) is 14.5. The van der Waals surface area contributed by atoms with Gasteiger partial charge in [-0.25, -0.2) is 13.2 Å². The van der Waals surface area contributed by atoms with Gasteiger partial charge in [0.15, 0.2) is 0 Å². The minimum Gasteiger partial charge on any atom is -0.467 e. The maximum Gasteiger partial charge on any atom is 0.341 e. The predicted octanol–water partition coefficient (Wildman–Crippen LogP) is 3.12. The topological polar surface area (TPSA) is 80.1 Å². The van der Waals surface area contributed by atoms with E-state index in [-0.39, 0.29) is 0 Å². The van der Waals surface area contributed by atoms with Gasteiger partial charge in [0, 0.05) is 26.2 Å². The van der Waals surface area contributed by atoms with E-state index in [2.05, 4.69) is 4.90 Å². The Morgan fingerprint density at radius 3 is 2.50 bits per heavy atom. The molecule has 1 saturated heterocycles. The molecule has 0 radical (unpaired) electrons. The van der Waals surface area contributed by atoms with Crippen LogP contribution in [0.3, 0.4) is 0 Å². The molecule has 0 unspecified atom stereocenters. The molecule has 3 aromatic rings. The van der Waals surface area contributed by atoms with E-state index in [1.54, 1.807) is 25.1 Å². The van der Waals surface area contributed by atoms with E-state index >= 15 is 0 Å². The van der Waals surface area contributed by atoms with Crippen LogP contribution in [0.1, 0.15) is 23.0 Å². The first-order valence-corrected chi connectivity index (χ1v) is 11.4. The molecule has 0 atom stereocenters. The third-order valence-corrected chi connectivity index (χ3v) is 7.19. The molecule has 0 aliphatic carbocycles. The molecule has 30 heavy (non-hydrogen) atoms. The Hall–Kier alpha value is -2.68. The van der Waals surface area contributed by atoms with Gasteiger partial charge in [0.1, 0.15) is 11.3 Å². The molecular formula is C22H24N2O5S. The van der Waals surface area contributed by atoms with Gasteiger partial charge >= 0.3 is 5.97 Å². The van der Waals surface area contributed by atoms with Gasteiger partial charge in [-0.05, 0) is 35.9 Å². The number of nitrogens with zero attached hydrogens (tertiary/aromatic N) is 2. The number of carbonyl (C=O) groups is 1. The summed E-state index contributed by atoms with van der Waals surface area (Å²) in [4.78, 5) is 14.4. The summed E-state index contributed by atoms with van der Waals surface area (Å²) >= 11 is 0. The van der Waals surface area contributed by atoms with E-state index in [0.717, 1.165) is 10.8 Å². The molecule has 0 bridgehead atoms. The fourth-order valence-electron chi connectivity index (χ4n) is 3.66. The molecule has 0 saturated carbocycles. The second-order valence-electron chi connectivity index (χ2n) is 7.17. The molecule has 1 aliphatic rings. The van der Waals surface area contributed by atoms with Crippen LogP contribution < -0.4 is 0 Å². The lowest BCUT2D eigenvalue weighted by Crippen LogP contribution is -2.48. The van der Waals surface area contributed by atoms with Gasteiger partial charge in [-0.2, -0.15) is 4.31 Å². The molecule has 8 heteroatoms. The Morgan fingerprint density at radius 2 is 1.77 bits per heavy atom. The normalized spacial score (nSPS) is 16.0. The van der Waals surface area contributed by atoms with Crippen molar-refractivity contribution in [3.8, 4) is 0 Å². The van der Waals surface area contributed by atoms with Crippen molar-refractivity contribution in [2.45, 2.75) is 18.4 Å². The Labute approximate surface area is 175 Å². The quantitative estimate of drug-likeness (QED) is 0.561. The van der Waals surface area contributed by atoms with Crippen molar-refractivity contribution in [1.29, 1.82) is 0 Å². The number of piperazine rings is 1. The fraction of sp³-hybridized carbons (Fsp3) is 0.318. The van der Waals surface area contributed by atoms with Crippen LogP contribution in [0.4, 0.5) is 0 Å². The van der Waals surface area contributed by atoms with Crippen LogP contribution in [0.25, 0.3) is 10.8 Å². The average Bonchev–Trinajstić information content (AvgIpc) is 3.22. The van der Waals surface area contributed by atoms with E-state index in [1.165, 1.54) is 10.6 Å². The predicted molar refractivity (Wildman–Crippen MR) is 113 cm³/mol. The summed E-state index contributed by atoms with van der Waals surface area (Å²) in [5.41, 5.74) is 0.420. The summed E-state index contributed by atoms with van der Waals surface area (Å²) in [5, 5.41) is 1.92. The largest absolute Gasteiger partial charge is 0.467 e. The Bertz CT molecular complexity index is 1150. The molecular weight excluding hydrogens is 404 g/mol. The lowest BCUT2D eigenvalue weighted by Gasteiger charge is -2.33. The third kappa shape index (κ3) is 4.12. The lowest BCUT2D eigenvalue weighted by molar-refractivity contribution is 0.0521. The molecule has 2 aromatic carbocycles. The summed E-state index contributed by atoms with van der Waals surface area (Å²) < 4.78 is 38.2. The number of carbonyl (C=O) groups excluding carboxylic acids is 1. The van der Waals surface area contributed by atoms with E-state index in [4.69, 9.17) is 9.15 Å². The molecule has 0 amide bonds. The summed E-state index contributed by atoms with van der Waals surface area (Å²) in [6.07, 6.45) is 1.47. The second-order valence-corrected chi connectivity index (χ2v) is 9.11. The molecule has 7 nitrogen and oxygen atoms in total. The number of ether oxygens (including phenoxy) is 1. The van der Waals surface area contributed by atoms with E-state index in [9.17, 15) is 13.2 Å². The standard InChI is InChI=1S/C22H24N2O5S/c1-2-28-22(25)20-9-14-29-21(20)16-23-10-12-24(13-11-23)30(26,27)19-8-7-17-5-3-4-6-18(17)15-19/h3-9,14-15H,2,10-13,16H2,1H3. The summed E-state index contributed by atoms with van der Waals surface area (Å²) in [6, 6.07) is 14.5. The fourth-order valence-corrected chi connectivity index (χ4v) is 5.12. The summed E-state index contributed by atoms with van der Waals surface area (Å²) in [7, 11) is -3.56. The maximum absolute atomic E-state index is 13.1. The van der Waals surface area contributed by atoms with E-state index < -0.39 is 16.0 Å². The number of rotatable bonds is 6. The van der Waals surface area contributed by atoms with Crippen LogP contribution >= 0.6 is 0 Å². The first kappa shape index (κ1) is 20.6. The van der Waals surface area contributed by atoms with Crippen molar-refractivity contribution in [1.82, 2.24) is 9.21 Å². The van der Waals surface area contributed by atoms with Crippen molar-refractivity contribution in [3.05, 3.63) is 66.1 Å². The number of esters is 1. The van der Waals surface area contributed by atoms with E-state index in [1.807, 2.05) is 30.3 Å². The Morgan fingerprint density at radius 1 is 1.03 bits per heavy atom. The van der Waals surface area contributed by atoms with Gasteiger partial charge < -0.3 is 9.15 Å². The zero-order valence-electron chi connectivity index (χ0n) is 16.8. The van der Waals surface area contributed by atoms with Gasteiger partial charge in [-0.3, -0.25) is 4.90 Å². The SMILES string of the molecule is CCOC(=O)c1ccoc1CN1CCN(S(=O)(=O)c2ccc3ccccc3c2)CC1. The van der Waals surface area contributed by atoms with Crippen molar-refractivity contribution in [2.24, 2.45) is 0 Å². The molecule has 0 N–H and O–H groups in total. The number of sulfonamides is 1. The van der Waals surface area contributed by atoms with Gasteiger partial charge in [-0.1, -0.05) is 30.3 Å². The van der Waals surface area contributed by atoms with Gasteiger partial charge in [0.05, 0.1) is 24.3 Å². The highest BCUT2D eigenvalue weighted by molar-refractivity contribution is 7.89. The smallest absolute Gasteiger partial charge is 0.341 e. The van der Waals surface area contributed by atoms with Crippen LogP contribution in [0.5, 0.6) is 0 Å². The highest BCUT2D eigenvalue weighted by Gasteiger charge is 2.29. The highest BCUT2D eigenvalue weighted by atomic mass is 32.2. The van der Waals surface area contributed by atoms with Crippen LogP contribution in [0.2, 0.25) is 0 Å². The van der Waals surface area contributed by atoms with Crippen LogP contribution in [0, 0.1) is 0 Å². The summed E-state index contributed by atoms with van der Waals surface area (Å²) in [5.74, 6) is 0.137. The third-order valence-electron chi connectivity index (χ3n) is 5.30. The monoisotopic (exact) mass is 428 g/mol. The number of hydrogen-bond acceptors (Lipinski definition) is 6. The van der Waals surface area contributed by atoms with Gasteiger partial charge in [0.2, 0.25) is 10.0 Å². The zero-order chi connectivity index (χ0) is 21.1. The second kappa shape index (κ2) is 8.59. The molecule has 1 aliphatic heterocycles. The van der Waals surface area contributed by atoms with Crippen molar-refractivity contribution in [2.75, 3.05) is 32.8 Å². The highest BCUT2D eigenvalue weighted by Crippen LogP contribution is 2.23. The molecule has 158 valence electrons. The van der Waals surface area contributed by atoms with E-state index in [0.29, 0.717) is 55.5 Å². The molecule has 0 spiro atoms. The van der Waals surface area contributed by atoms with Crippen LogP contribution in [0.15, 0.2) is 64.1 Å². The number of fused-ring (bicyclic) bond motifs is 1. The number of hydrogen-bond donors (Lipinski definition) is 0. The number of furan rings is 1. The Kier molecular flexibility index (Phi) is 5.90. The van der Waals surface area contributed by atoms with Crippen molar-refractivity contribution in [3.63, 3.8) is 0 Å². The summed E-state index contributed by atoms with van der Waals surface area (Å²) in [6.45, 7) is 4.35. The molecule has 1 aromatic heterocycles. The molecule has 2 heterocycles. The minimum atomic E-state index is -3.56. The number of benzene rings is 2. The average molecular weight is 429 g/mol. The molecule has 1 fully saturated rings. The van der Waals surface area contributed by atoms with Crippen LogP contribution in [-0.4, -0.2) is 56.4 Å². The van der Waals surface area contributed by atoms with Gasteiger partial charge in [-0.15, -0.1) is 0 Å².